The third kappa shape index (κ3) is 2.27. The molecule has 0 fully saturated rings. The van der Waals surface area contributed by atoms with Crippen LogP contribution >= 0.6 is 0 Å². The van der Waals surface area contributed by atoms with E-state index >= 15 is 0 Å². The summed E-state index contributed by atoms with van der Waals surface area (Å²) in [5, 5.41) is 6.73. The molecule has 1 atom stereocenters. The number of anilines is 1. The molecule has 1 N–H and O–H groups in total. The first-order valence-electron chi connectivity index (χ1n) is 6.23. The predicted octanol–water partition coefficient (Wildman–Crippen LogP) is 1.66. The van der Waals surface area contributed by atoms with Crippen LogP contribution in [0.25, 0.3) is 0 Å². The summed E-state index contributed by atoms with van der Waals surface area (Å²) in [7, 11) is 1.77. The van der Waals surface area contributed by atoms with Crippen molar-refractivity contribution in [1.82, 2.24) is 9.78 Å². The summed E-state index contributed by atoms with van der Waals surface area (Å²) in [6.07, 6.45) is 1.29. The highest BCUT2D eigenvalue weighted by Gasteiger charge is 2.32. The zero-order valence-corrected chi connectivity index (χ0v) is 10.9. The van der Waals surface area contributed by atoms with Crippen molar-refractivity contribution < 1.29 is 14.3 Å². The molecule has 0 saturated carbocycles. The number of carbonyl (C=O) groups is 2. The van der Waals surface area contributed by atoms with Crippen LogP contribution in [0.1, 0.15) is 28.4 Å². The Kier molecular flexibility index (Phi) is 2.98. The fourth-order valence-electron chi connectivity index (χ4n) is 2.22. The van der Waals surface area contributed by atoms with E-state index in [1.54, 1.807) is 42.2 Å². The van der Waals surface area contributed by atoms with Crippen molar-refractivity contribution in [3.63, 3.8) is 0 Å². The highest BCUT2D eigenvalue weighted by atomic mass is 16.5. The quantitative estimate of drug-likeness (QED) is 0.862. The Hall–Kier alpha value is -2.63. The third-order valence-electron chi connectivity index (χ3n) is 3.13. The summed E-state index contributed by atoms with van der Waals surface area (Å²) >= 11 is 0. The number of benzene rings is 1. The number of hydrogen-bond acceptors (Lipinski definition) is 4. The molecule has 0 saturated heterocycles. The molecule has 6 heteroatoms. The molecule has 1 aromatic heterocycles. The van der Waals surface area contributed by atoms with E-state index in [2.05, 4.69) is 10.4 Å². The van der Waals surface area contributed by atoms with Gasteiger partial charge in [-0.25, -0.2) is 4.79 Å². The maximum Gasteiger partial charge on any atom is 0.339 e. The minimum absolute atomic E-state index is 0.0827. The van der Waals surface area contributed by atoms with Crippen LogP contribution in [-0.4, -0.2) is 21.7 Å². The Bertz CT molecular complexity index is 678. The molecule has 1 amide bonds. The van der Waals surface area contributed by atoms with Gasteiger partial charge in [0.1, 0.15) is 6.10 Å². The Balaban J connectivity index is 1.70. The summed E-state index contributed by atoms with van der Waals surface area (Å²) in [4.78, 5) is 23.6. The number of fused-ring (bicyclic) bond motifs is 1. The van der Waals surface area contributed by atoms with Crippen LogP contribution in [0.2, 0.25) is 0 Å². The van der Waals surface area contributed by atoms with Gasteiger partial charge in [0.25, 0.3) is 0 Å². The standard InChI is InChI=1S/C14H13N3O3/c1-17-7-6-12(16-17)15-13(18)8-11-9-4-2-3-5-10(9)14(19)20-11/h2-7,11H,8H2,1H3,(H,15,16,18)/t11-/m1/s1. The maximum atomic E-state index is 11.9. The maximum absolute atomic E-state index is 11.9. The minimum atomic E-state index is -0.526. The lowest BCUT2D eigenvalue weighted by molar-refractivity contribution is -0.118. The topological polar surface area (TPSA) is 73.2 Å². The zero-order valence-electron chi connectivity index (χ0n) is 10.9. The van der Waals surface area contributed by atoms with Crippen molar-refractivity contribution in [2.45, 2.75) is 12.5 Å². The van der Waals surface area contributed by atoms with Gasteiger partial charge >= 0.3 is 5.97 Å². The molecule has 20 heavy (non-hydrogen) atoms. The number of nitrogens with zero attached hydrogens (tertiary/aromatic N) is 2. The number of hydrogen-bond donors (Lipinski definition) is 1. The van der Waals surface area contributed by atoms with Gasteiger partial charge in [0.05, 0.1) is 12.0 Å². The number of ether oxygens (including phenoxy) is 1. The van der Waals surface area contributed by atoms with Crippen LogP contribution in [-0.2, 0) is 16.6 Å². The van der Waals surface area contributed by atoms with Gasteiger partial charge in [-0.05, 0) is 6.07 Å². The van der Waals surface area contributed by atoms with Crippen LogP contribution in [0.5, 0.6) is 0 Å². The van der Waals surface area contributed by atoms with E-state index in [4.69, 9.17) is 4.74 Å². The zero-order chi connectivity index (χ0) is 14.1. The lowest BCUT2D eigenvalue weighted by atomic mass is 10.0. The molecule has 1 aromatic carbocycles. The number of amides is 1. The second kappa shape index (κ2) is 4.80. The van der Waals surface area contributed by atoms with Crippen LogP contribution in [0.3, 0.4) is 0 Å². The largest absolute Gasteiger partial charge is 0.453 e. The molecule has 2 aromatic rings. The Labute approximate surface area is 115 Å². The number of aryl methyl sites for hydroxylation is 1. The van der Waals surface area contributed by atoms with Crippen molar-refractivity contribution in [1.29, 1.82) is 0 Å². The average Bonchev–Trinajstić information content (AvgIpc) is 2.95. The van der Waals surface area contributed by atoms with E-state index in [0.29, 0.717) is 11.4 Å². The Morgan fingerprint density at radius 3 is 2.95 bits per heavy atom. The van der Waals surface area contributed by atoms with E-state index in [1.165, 1.54) is 0 Å². The van der Waals surface area contributed by atoms with Gasteiger partial charge in [-0.2, -0.15) is 5.10 Å². The van der Waals surface area contributed by atoms with Crippen LogP contribution < -0.4 is 5.32 Å². The van der Waals surface area contributed by atoms with Crippen molar-refractivity contribution in [3.05, 3.63) is 47.7 Å². The number of carbonyl (C=O) groups excluding carboxylic acids is 2. The molecular weight excluding hydrogens is 258 g/mol. The van der Waals surface area contributed by atoms with Gasteiger partial charge in [0, 0.05) is 24.9 Å². The Morgan fingerprint density at radius 1 is 1.40 bits per heavy atom. The normalized spacial score (nSPS) is 16.6. The van der Waals surface area contributed by atoms with Crippen molar-refractivity contribution in [2.24, 2.45) is 7.05 Å². The third-order valence-corrected chi connectivity index (χ3v) is 3.13. The Morgan fingerprint density at radius 2 is 2.20 bits per heavy atom. The summed E-state index contributed by atoms with van der Waals surface area (Å²) in [6.45, 7) is 0. The molecule has 102 valence electrons. The first-order chi connectivity index (χ1) is 9.63. The number of aromatic nitrogens is 2. The average molecular weight is 271 g/mol. The summed E-state index contributed by atoms with van der Waals surface area (Å²) in [5.41, 5.74) is 1.29. The molecule has 0 spiro atoms. The second-order valence-corrected chi connectivity index (χ2v) is 4.61. The van der Waals surface area contributed by atoms with E-state index in [1.807, 2.05) is 6.07 Å². The fraction of sp³-hybridized carbons (Fsp3) is 0.214. The summed E-state index contributed by atoms with van der Waals surface area (Å²) in [5.74, 6) is -0.135. The molecule has 1 aliphatic heterocycles. The molecule has 0 unspecified atom stereocenters. The van der Waals surface area contributed by atoms with E-state index in [0.717, 1.165) is 5.56 Å². The van der Waals surface area contributed by atoms with Crippen molar-refractivity contribution >= 4 is 17.7 Å². The van der Waals surface area contributed by atoms with E-state index in [9.17, 15) is 9.59 Å². The lowest BCUT2D eigenvalue weighted by Crippen LogP contribution is -2.16. The molecule has 3 rings (SSSR count). The van der Waals surface area contributed by atoms with E-state index in [-0.39, 0.29) is 18.3 Å². The van der Waals surface area contributed by atoms with Crippen LogP contribution in [0.4, 0.5) is 5.82 Å². The first kappa shape index (κ1) is 12.4. The minimum Gasteiger partial charge on any atom is -0.453 e. The molecule has 0 radical (unpaired) electrons. The van der Waals surface area contributed by atoms with Crippen LogP contribution in [0, 0.1) is 0 Å². The van der Waals surface area contributed by atoms with Gasteiger partial charge in [-0.3, -0.25) is 9.48 Å². The van der Waals surface area contributed by atoms with Gasteiger partial charge in [-0.15, -0.1) is 0 Å². The number of esters is 1. The van der Waals surface area contributed by atoms with Crippen molar-refractivity contribution in [3.8, 4) is 0 Å². The van der Waals surface area contributed by atoms with E-state index < -0.39 is 6.10 Å². The monoisotopic (exact) mass is 271 g/mol. The summed E-state index contributed by atoms with van der Waals surface area (Å²) in [6, 6.07) is 8.81. The second-order valence-electron chi connectivity index (χ2n) is 4.61. The fourth-order valence-corrected chi connectivity index (χ4v) is 2.22. The SMILES string of the molecule is Cn1ccc(NC(=O)C[C@H]2OC(=O)c3ccccc32)n1. The molecule has 1 aliphatic rings. The van der Waals surface area contributed by atoms with Gasteiger partial charge in [0.15, 0.2) is 5.82 Å². The smallest absolute Gasteiger partial charge is 0.339 e. The molecule has 2 heterocycles. The number of cyclic esters (lactones) is 1. The van der Waals surface area contributed by atoms with Gasteiger partial charge < -0.3 is 10.1 Å². The van der Waals surface area contributed by atoms with Crippen LogP contribution in [0.15, 0.2) is 36.5 Å². The highest BCUT2D eigenvalue weighted by molar-refractivity contribution is 5.96. The predicted molar refractivity (Wildman–Crippen MR) is 71.1 cm³/mol. The summed E-state index contributed by atoms with van der Waals surface area (Å²) < 4.78 is 6.82. The lowest BCUT2D eigenvalue weighted by Gasteiger charge is -2.09. The number of nitrogens with one attached hydrogen (secondary N) is 1. The van der Waals surface area contributed by atoms with Gasteiger partial charge in [-0.1, -0.05) is 18.2 Å². The molecule has 6 nitrogen and oxygen atoms in total. The van der Waals surface area contributed by atoms with Gasteiger partial charge in [0.2, 0.25) is 5.91 Å². The number of rotatable bonds is 3. The molecule has 0 aliphatic carbocycles. The molecule has 0 bridgehead atoms. The van der Waals surface area contributed by atoms with Crippen molar-refractivity contribution in [2.75, 3.05) is 5.32 Å². The first-order valence-corrected chi connectivity index (χ1v) is 6.23. The molecular formula is C14H13N3O3. The highest BCUT2D eigenvalue weighted by Crippen LogP contribution is 2.32.